The fourth-order valence-corrected chi connectivity index (χ4v) is 5.19. The number of piperidine rings is 1. The van der Waals surface area contributed by atoms with Gasteiger partial charge in [-0.25, -0.2) is 0 Å². The van der Waals surface area contributed by atoms with E-state index in [2.05, 4.69) is 10.6 Å². The minimum absolute atomic E-state index is 0.0867. The summed E-state index contributed by atoms with van der Waals surface area (Å²) in [6, 6.07) is 3.99. The van der Waals surface area contributed by atoms with Gasteiger partial charge in [0.25, 0.3) is 11.8 Å². The molecule has 2 fully saturated rings. The van der Waals surface area contributed by atoms with Gasteiger partial charge in [0.1, 0.15) is 6.04 Å². The number of rotatable bonds is 14. The smallest absolute Gasteiger partial charge is 0.264 e. The molecule has 1 unspecified atom stereocenters. The molecule has 0 aromatic heterocycles. The van der Waals surface area contributed by atoms with Crippen molar-refractivity contribution in [1.82, 2.24) is 10.2 Å². The molecule has 2 N–H and O–H groups in total. The van der Waals surface area contributed by atoms with Gasteiger partial charge in [-0.05, 0) is 30.9 Å². The first-order chi connectivity index (χ1) is 18.1. The summed E-state index contributed by atoms with van der Waals surface area (Å²) in [6.45, 7) is 3.68. The number of fused-ring (bicyclic) bond motifs is 1. The second-order valence-electron chi connectivity index (χ2n) is 9.73. The molecule has 1 saturated carbocycles. The van der Waals surface area contributed by atoms with Crippen molar-refractivity contribution in [2.75, 3.05) is 51.5 Å². The van der Waals surface area contributed by atoms with Gasteiger partial charge in [-0.3, -0.25) is 29.4 Å². The first kappa shape index (κ1) is 27.2. The van der Waals surface area contributed by atoms with Crippen molar-refractivity contribution < 1.29 is 33.4 Å². The summed E-state index contributed by atoms with van der Waals surface area (Å²) >= 11 is 0. The van der Waals surface area contributed by atoms with E-state index in [1.807, 2.05) is 0 Å². The molecule has 3 aliphatic rings. The van der Waals surface area contributed by atoms with E-state index in [1.54, 1.807) is 18.2 Å². The molecule has 202 valence electrons. The van der Waals surface area contributed by atoms with Gasteiger partial charge >= 0.3 is 0 Å². The lowest BCUT2D eigenvalue weighted by Crippen LogP contribution is -2.54. The van der Waals surface area contributed by atoms with Crippen LogP contribution in [0.25, 0.3) is 0 Å². The lowest BCUT2D eigenvalue weighted by molar-refractivity contribution is -0.136. The molecule has 10 heteroatoms. The molecule has 4 amide bonds. The number of imide groups is 2. The van der Waals surface area contributed by atoms with E-state index in [4.69, 9.17) is 14.2 Å². The fraction of sp³-hybridized carbons (Fsp3) is 0.630. The normalized spacial score (nSPS) is 20.3. The number of nitrogens with zero attached hydrogens (tertiary/aromatic N) is 1. The predicted octanol–water partition coefficient (Wildman–Crippen LogP) is 2.52. The van der Waals surface area contributed by atoms with Crippen molar-refractivity contribution in [3.8, 4) is 0 Å². The number of carbonyl (C=O) groups excluding carboxylic acids is 4. The van der Waals surface area contributed by atoms with Gasteiger partial charge in [0.2, 0.25) is 11.8 Å². The molecule has 1 atom stereocenters. The summed E-state index contributed by atoms with van der Waals surface area (Å²) in [7, 11) is 0. The van der Waals surface area contributed by atoms with Crippen LogP contribution in [0, 0.1) is 5.92 Å². The van der Waals surface area contributed by atoms with Crippen LogP contribution in [-0.2, 0) is 23.8 Å². The molecule has 2 heterocycles. The highest BCUT2D eigenvalue weighted by Crippen LogP contribution is 2.32. The topological polar surface area (TPSA) is 123 Å². The summed E-state index contributed by atoms with van der Waals surface area (Å²) in [6.07, 6.45) is 8.14. The number of benzene rings is 1. The highest BCUT2D eigenvalue weighted by Gasteiger charge is 2.45. The van der Waals surface area contributed by atoms with Crippen molar-refractivity contribution >= 4 is 29.3 Å². The van der Waals surface area contributed by atoms with Crippen LogP contribution in [0.2, 0.25) is 0 Å². The van der Waals surface area contributed by atoms with Crippen molar-refractivity contribution in [3.05, 3.63) is 29.3 Å². The molecular formula is C27H37N3O7. The van der Waals surface area contributed by atoms with Gasteiger partial charge in [0, 0.05) is 25.3 Å². The molecule has 0 radical (unpaired) electrons. The number of hydrogen-bond donors (Lipinski definition) is 2. The molecule has 1 aromatic carbocycles. The molecule has 1 aromatic rings. The number of amides is 4. The third-order valence-electron chi connectivity index (χ3n) is 7.17. The Labute approximate surface area is 217 Å². The summed E-state index contributed by atoms with van der Waals surface area (Å²) < 4.78 is 16.8. The SMILES string of the molecule is O=C1CCC(N2C(=O)c3cccc(NCCOCCOCCOCCC4CCCCC4)c3C2=O)C(=O)N1. The molecule has 4 rings (SSSR count). The molecule has 10 nitrogen and oxygen atoms in total. The predicted molar refractivity (Wildman–Crippen MR) is 135 cm³/mol. The van der Waals surface area contributed by atoms with E-state index in [-0.39, 0.29) is 24.0 Å². The van der Waals surface area contributed by atoms with Gasteiger partial charge in [0.05, 0.1) is 44.2 Å². The van der Waals surface area contributed by atoms with E-state index >= 15 is 0 Å². The molecule has 37 heavy (non-hydrogen) atoms. The van der Waals surface area contributed by atoms with Crippen LogP contribution in [-0.4, -0.2) is 80.8 Å². The number of hydrogen-bond acceptors (Lipinski definition) is 8. The summed E-state index contributed by atoms with van der Waals surface area (Å²) in [5.41, 5.74) is 0.995. The van der Waals surface area contributed by atoms with Crippen molar-refractivity contribution in [2.45, 2.75) is 57.4 Å². The van der Waals surface area contributed by atoms with Crippen LogP contribution >= 0.6 is 0 Å². The molecule has 1 aliphatic carbocycles. The lowest BCUT2D eigenvalue weighted by atomic mass is 9.87. The van der Waals surface area contributed by atoms with Crippen molar-refractivity contribution in [1.29, 1.82) is 0 Å². The van der Waals surface area contributed by atoms with E-state index in [1.165, 1.54) is 32.1 Å². The third-order valence-corrected chi connectivity index (χ3v) is 7.17. The highest BCUT2D eigenvalue weighted by atomic mass is 16.5. The minimum atomic E-state index is -0.983. The second kappa shape index (κ2) is 13.6. The van der Waals surface area contributed by atoms with E-state index in [0.717, 1.165) is 23.8 Å². The zero-order valence-corrected chi connectivity index (χ0v) is 21.3. The zero-order chi connectivity index (χ0) is 26.0. The Hall–Kier alpha value is -2.82. The first-order valence-electron chi connectivity index (χ1n) is 13.4. The largest absolute Gasteiger partial charge is 0.382 e. The Morgan fingerprint density at radius 3 is 2.27 bits per heavy atom. The van der Waals surface area contributed by atoms with Gasteiger partial charge in [0.15, 0.2) is 0 Å². The Kier molecular flexibility index (Phi) is 10.0. The summed E-state index contributed by atoms with van der Waals surface area (Å²) in [5, 5.41) is 5.35. The maximum Gasteiger partial charge on any atom is 0.264 e. The monoisotopic (exact) mass is 515 g/mol. The Bertz CT molecular complexity index is 977. The van der Waals surface area contributed by atoms with Crippen LogP contribution in [0.3, 0.4) is 0 Å². The summed E-state index contributed by atoms with van der Waals surface area (Å²) in [5.74, 6) is -1.25. The van der Waals surface area contributed by atoms with Gasteiger partial charge < -0.3 is 19.5 Å². The Morgan fingerprint density at radius 2 is 1.54 bits per heavy atom. The first-order valence-corrected chi connectivity index (χ1v) is 13.4. The average molecular weight is 516 g/mol. The second-order valence-corrected chi connectivity index (χ2v) is 9.73. The Balaban J connectivity index is 1.11. The number of ether oxygens (including phenoxy) is 3. The van der Waals surface area contributed by atoms with Crippen molar-refractivity contribution in [2.24, 2.45) is 5.92 Å². The maximum atomic E-state index is 13.1. The van der Waals surface area contributed by atoms with Gasteiger partial charge in [-0.2, -0.15) is 0 Å². The lowest BCUT2D eigenvalue weighted by Gasteiger charge is -2.27. The van der Waals surface area contributed by atoms with E-state index in [0.29, 0.717) is 45.3 Å². The molecule has 0 bridgehead atoms. The van der Waals surface area contributed by atoms with Crippen LogP contribution in [0.4, 0.5) is 5.69 Å². The van der Waals surface area contributed by atoms with E-state index in [9.17, 15) is 19.2 Å². The molecular weight excluding hydrogens is 478 g/mol. The maximum absolute atomic E-state index is 13.1. The standard InChI is InChI=1S/C27H37N3O7/c31-23-10-9-22(25(32)29-23)30-26(33)20-7-4-8-21(24(20)27(30)34)28-12-14-36-16-18-37-17-15-35-13-11-19-5-2-1-3-6-19/h4,7-8,19,22,28H,1-3,5-6,9-18H2,(H,29,31,32). The van der Waals surface area contributed by atoms with Gasteiger partial charge in [-0.15, -0.1) is 0 Å². The highest BCUT2D eigenvalue weighted by molar-refractivity contribution is 6.25. The number of nitrogens with one attached hydrogen (secondary N) is 2. The minimum Gasteiger partial charge on any atom is -0.382 e. The molecule has 0 spiro atoms. The fourth-order valence-electron chi connectivity index (χ4n) is 5.19. The van der Waals surface area contributed by atoms with Crippen LogP contribution in [0.1, 0.15) is 72.1 Å². The van der Waals surface area contributed by atoms with Crippen molar-refractivity contribution in [3.63, 3.8) is 0 Å². The average Bonchev–Trinajstić information content (AvgIpc) is 3.15. The number of carbonyl (C=O) groups is 4. The third kappa shape index (κ3) is 7.15. The Morgan fingerprint density at radius 1 is 0.838 bits per heavy atom. The quantitative estimate of drug-likeness (QED) is 0.286. The number of anilines is 1. The molecule has 1 saturated heterocycles. The zero-order valence-electron chi connectivity index (χ0n) is 21.3. The van der Waals surface area contributed by atoms with Crippen LogP contribution in [0.15, 0.2) is 18.2 Å². The molecule has 2 aliphatic heterocycles. The van der Waals surface area contributed by atoms with Crippen LogP contribution < -0.4 is 10.6 Å². The van der Waals surface area contributed by atoms with Gasteiger partial charge in [-0.1, -0.05) is 38.2 Å². The summed E-state index contributed by atoms with van der Waals surface area (Å²) in [4.78, 5) is 50.6. The van der Waals surface area contributed by atoms with E-state index < -0.39 is 29.7 Å². The van der Waals surface area contributed by atoms with Crippen LogP contribution in [0.5, 0.6) is 0 Å².